The van der Waals surface area contributed by atoms with Gasteiger partial charge in [-0.25, -0.2) is 4.98 Å². The largest absolute Gasteiger partial charge is 0.492 e. The lowest BCUT2D eigenvalue weighted by molar-refractivity contribution is 0.102. The van der Waals surface area contributed by atoms with Crippen molar-refractivity contribution in [1.82, 2.24) is 4.98 Å². The van der Waals surface area contributed by atoms with E-state index in [9.17, 15) is 4.79 Å². The highest BCUT2D eigenvalue weighted by atomic mass is 32.1. The van der Waals surface area contributed by atoms with Gasteiger partial charge in [0.05, 0.1) is 22.4 Å². The number of amides is 1. The van der Waals surface area contributed by atoms with Crippen LogP contribution in [0.1, 0.15) is 21.5 Å². The summed E-state index contributed by atoms with van der Waals surface area (Å²) in [5.74, 6) is 0.385. The van der Waals surface area contributed by atoms with Crippen LogP contribution in [0.3, 0.4) is 0 Å². The van der Waals surface area contributed by atoms with Gasteiger partial charge >= 0.3 is 0 Å². The minimum absolute atomic E-state index is 0.196. The van der Waals surface area contributed by atoms with Crippen LogP contribution in [0, 0.1) is 6.92 Å². The number of anilines is 1. The Balaban J connectivity index is 1.26. The topological polar surface area (TPSA) is 51.2 Å². The zero-order chi connectivity index (χ0) is 23.3. The van der Waals surface area contributed by atoms with Crippen molar-refractivity contribution in [3.8, 4) is 16.3 Å². The van der Waals surface area contributed by atoms with Gasteiger partial charge < -0.3 is 10.1 Å². The summed E-state index contributed by atoms with van der Waals surface area (Å²) in [7, 11) is 0. The van der Waals surface area contributed by atoms with Gasteiger partial charge in [-0.1, -0.05) is 48.5 Å². The first-order valence-corrected chi connectivity index (χ1v) is 12.0. The van der Waals surface area contributed by atoms with E-state index in [1.54, 1.807) is 17.4 Å². The Bertz CT molecular complexity index is 1430. The molecule has 0 fully saturated rings. The number of rotatable bonds is 7. The van der Waals surface area contributed by atoms with Crippen LogP contribution in [0.5, 0.6) is 5.75 Å². The summed E-state index contributed by atoms with van der Waals surface area (Å²) in [6, 6.07) is 31.6. The summed E-state index contributed by atoms with van der Waals surface area (Å²) in [5.41, 5.74) is 5.71. The van der Waals surface area contributed by atoms with E-state index in [-0.39, 0.29) is 5.91 Å². The fourth-order valence-electron chi connectivity index (χ4n) is 3.75. The number of nitrogens with one attached hydrogen (secondary N) is 1. The molecule has 4 nitrogen and oxygen atoms in total. The average molecular weight is 465 g/mol. The molecule has 0 unspecified atom stereocenters. The van der Waals surface area contributed by atoms with Gasteiger partial charge in [0.2, 0.25) is 0 Å². The Hall–Kier alpha value is -3.96. The second-order valence-electron chi connectivity index (χ2n) is 8.10. The number of carbonyl (C=O) groups is 1. The van der Waals surface area contributed by atoms with Gasteiger partial charge in [-0.2, -0.15) is 0 Å². The summed E-state index contributed by atoms with van der Waals surface area (Å²) in [6.45, 7) is 2.59. The van der Waals surface area contributed by atoms with E-state index in [0.717, 1.165) is 28.2 Å². The smallest absolute Gasteiger partial charge is 0.259 e. The van der Waals surface area contributed by atoms with Crippen molar-refractivity contribution in [2.45, 2.75) is 13.3 Å². The summed E-state index contributed by atoms with van der Waals surface area (Å²) in [4.78, 5) is 17.7. The Morgan fingerprint density at radius 2 is 1.68 bits per heavy atom. The molecule has 0 radical (unpaired) electrons. The predicted octanol–water partition coefficient (Wildman–Crippen LogP) is 7.15. The quantitative estimate of drug-likeness (QED) is 0.278. The lowest BCUT2D eigenvalue weighted by Crippen LogP contribution is -2.14. The third-order valence-corrected chi connectivity index (χ3v) is 6.62. The SMILES string of the molecule is Cc1ccc2nc(-c3ccc(NC(=O)c4ccccc4OCCc4ccccc4)cc3)sc2c1. The van der Waals surface area contributed by atoms with E-state index < -0.39 is 0 Å². The first kappa shape index (κ1) is 21.9. The molecule has 5 heteroatoms. The first-order valence-electron chi connectivity index (χ1n) is 11.2. The molecule has 1 N–H and O–H groups in total. The van der Waals surface area contributed by atoms with Gasteiger partial charge in [-0.05, 0) is 66.6 Å². The van der Waals surface area contributed by atoms with Crippen molar-refractivity contribution in [2.75, 3.05) is 11.9 Å². The Morgan fingerprint density at radius 3 is 2.50 bits per heavy atom. The number of para-hydroxylation sites is 1. The molecule has 5 rings (SSSR count). The summed E-state index contributed by atoms with van der Waals surface area (Å²) in [5, 5.41) is 3.95. The number of aryl methyl sites for hydroxylation is 1. The molecule has 0 aliphatic carbocycles. The van der Waals surface area contributed by atoms with Crippen LogP contribution in [0.4, 0.5) is 5.69 Å². The molecule has 0 saturated heterocycles. The number of carbonyl (C=O) groups excluding carboxylic acids is 1. The highest BCUT2D eigenvalue weighted by Gasteiger charge is 2.13. The van der Waals surface area contributed by atoms with Crippen LogP contribution in [0.25, 0.3) is 20.8 Å². The van der Waals surface area contributed by atoms with E-state index in [1.165, 1.54) is 15.8 Å². The molecule has 0 spiro atoms. The third kappa shape index (κ3) is 5.00. The van der Waals surface area contributed by atoms with Crippen LogP contribution < -0.4 is 10.1 Å². The summed E-state index contributed by atoms with van der Waals surface area (Å²) < 4.78 is 7.12. The van der Waals surface area contributed by atoms with Crippen molar-refractivity contribution in [1.29, 1.82) is 0 Å². The molecule has 0 bridgehead atoms. The number of nitrogens with zero attached hydrogens (tertiary/aromatic N) is 1. The fourth-order valence-corrected chi connectivity index (χ4v) is 4.82. The lowest BCUT2D eigenvalue weighted by Gasteiger charge is -2.12. The zero-order valence-electron chi connectivity index (χ0n) is 18.8. The van der Waals surface area contributed by atoms with Crippen LogP contribution >= 0.6 is 11.3 Å². The molecule has 5 aromatic rings. The summed E-state index contributed by atoms with van der Waals surface area (Å²) in [6.07, 6.45) is 0.781. The minimum Gasteiger partial charge on any atom is -0.492 e. The van der Waals surface area contributed by atoms with Crippen molar-refractivity contribution in [2.24, 2.45) is 0 Å². The van der Waals surface area contributed by atoms with Gasteiger partial charge in [0.15, 0.2) is 0 Å². The Morgan fingerprint density at radius 1 is 0.912 bits per heavy atom. The maximum absolute atomic E-state index is 13.0. The van der Waals surface area contributed by atoms with Crippen LogP contribution in [0.15, 0.2) is 97.1 Å². The molecule has 0 aliphatic rings. The van der Waals surface area contributed by atoms with E-state index in [0.29, 0.717) is 17.9 Å². The minimum atomic E-state index is -0.196. The molecule has 1 amide bonds. The predicted molar refractivity (Wildman–Crippen MR) is 140 cm³/mol. The number of hydrogen-bond acceptors (Lipinski definition) is 4. The van der Waals surface area contributed by atoms with E-state index >= 15 is 0 Å². The number of aromatic nitrogens is 1. The normalized spacial score (nSPS) is 10.9. The third-order valence-electron chi connectivity index (χ3n) is 5.56. The molecule has 168 valence electrons. The Kier molecular flexibility index (Phi) is 6.36. The number of ether oxygens (including phenoxy) is 1. The van der Waals surface area contributed by atoms with Gasteiger partial charge in [0.1, 0.15) is 10.8 Å². The maximum atomic E-state index is 13.0. The van der Waals surface area contributed by atoms with Crippen molar-refractivity contribution in [3.63, 3.8) is 0 Å². The van der Waals surface area contributed by atoms with Crippen LogP contribution in [-0.2, 0) is 6.42 Å². The molecule has 1 heterocycles. The lowest BCUT2D eigenvalue weighted by atomic mass is 10.1. The summed E-state index contributed by atoms with van der Waals surface area (Å²) >= 11 is 1.67. The molecule has 34 heavy (non-hydrogen) atoms. The van der Waals surface area contributed by atoms with Gasteiger partial charge in [0, 0.05) is 17.7 Å². The standard InChI is InChI=1S/C29H24N2O2S/c1-20-11-16-25-27(19-20)34-29(31-25)22-12-14-23(15-13-22)30-28(32)24-9-5-6-10-26(24)33-18-17-21-7-3-2-4-8-21/h2-16,19H,17-18H2,1H3,(H,30,32). The molecule has 0 aliphatic heterocycles. The number of fused-ring (bicyclic) bond motifs is 1. The number of thiazole rings is 1. The monoisotopic (exact) mass is 464 g/mol. The highest BCUT2D eigenvalue weighted by Crippen LogP contribution is 2.31. The number of benzene rings is 4. The van der Waals surface area contributed by atoms with Crippen molar-refractivity contribution >= 4 is 33.1 Å². The first-order chi connectivity index (χ1) is 16.7. The van der Waals surface area contributed by atoms with Gasteiger partial charge in [-0.15, -0.1) is 11.3 Å². The van der Waals surface area contributed by atoms with Gasteiger partial charge in [0.25, 0.3) is 5.91 Å². The average Bonchev–Trinajstić information content (AvgIpc) is 3.29. The zero-order valence-corrected chi connectivity index (χ0v) is 19.6. The van der Waals surface area contributed by atoms with E-state index in [2.05, 4.69) is 42.6 Å². The fraction of sp³-hybridized carbons (Fsp3) is 0.103. The second-order valence-corrected chi connectivity index (χ2v) is 9.13. The molecule has 4 aromatic carbocycles. The molecular weight excluding hydrogens is 440 g/mol. The molecular formula is C29H24N2O2S. The van der Waals surface area contributed by atoms with Crippen LogP contribution in [0.2, 0.25) is 0 Å². The van der Waals surface area contributed by atoms with E-state index in [4.69, 9.17) is 9.72 Å². The second kappa shape index (κ2) is 9.89. The van der Waals surface area contributed by atoms with E-state index in [1.807, 2.05) is 60.7 Å². The molecule has 0 atom stereocenters. The van der Waals surface area contributed by atoms with Gasteiger partial charge in [-0.3, -0.25) is 4.79 Å². The van der Waals surface area contributed by atoms with Crippen molar-refractivity contribution < 1.29 is 9.53 Å². The number of hydrogen-bond donors (Lipinski definition) is 1. The molecule has 0 saturated carbocycles. The maximum Gasteiger partial charge on any atom is 0.259 e. The Labute approximate surface area is 202 Å². The molecule has 1 aromatic heterocycles. The van der Waals surface area contributed by atoms with Crippen molar-refractivity contribution in [3.05, 3.63) is 114 Å². The van der Waals surface area contributed by atoms with Crippen LogP contribution in [-0.4, -0.2) is 17.5 Å². The highest BCUT2D eigenvalue weighted by molar-refractivity contribution is 7.21.